The standard InChI is InChI=1S/C24H23BrN2O2S/c1-17(19-7-3-2-4-8-19)26-24(29)21-9-5-6-10-22(21)27-23(28)16-30-15-18-11-13-20(25)14-12-18/h2-14,17H,15-16H2,1H3,(H,26,29)(H,27,28)/t17-/m1/s1. The van der Waals surface area contributed by atoms with Gasteiger partial charge in [0.1, 0.15) is 0 Å². The fourth-order valence-electron chi connectivity index (χ4n) is 2.92. The van der Waals surface area contributed by atoms with E-state index in [4.69, 9.17) is 0 Å². The summed E-state index contributed by atoms with van der Waals surface area (Å²) in [6.45, 7) is 1.94. The lowest BCUT2D eigenvalue weighted by molar-refractivity contribution is -0.113. The Labute approximate surface area is 189 Å². The Morgan fingerprint density at radius 2 is 1.60 bits per heavy atom. The zero-order chi connectivity index (χ0) is 21.3. The molecule has 0 heterocycles. The number of rotatable bonds is 8. The van der Waals surface area contributed by atoms with Gasteiger partial charge in [-0.05, 0) is 42.3 Å². The lowest BCUT2D eigenvalue weighted by Crippen LogP contribution is -2.28. The summed E-state index contributed by atoms with van der Waals surface area (Å²) in [6.07, 6.45) is 0. The summed E-state index contributed by atoms with van der Waals surface area (Å²) in [5.74, 6) is 0.711. The van der Waals surface area contributed by atoms with Gasteiger partial charge in [0.25, 0.3) is 5.91 Å². The number of carbonyl (C=O) groups excluding carboxylic acids is 2. The number of benzene rings is 3. The molecule has 2 amide bonds. The molecule has 0 fully saturated rings. The average molecular weight is 483 g/mol. The zero-order valence-electron chi connectivity index (χ0n) is 16.6. The molecule has 0 unspecified atom stereocenters. The topological polar surface area (TPSA) is 58.2 Å². The second-order valence-corrected chi connectivity index (χ2v) is 8.72. The summed E-state index contributed by atoms with van der Waals surface area (Å²) < 4.78 is 1.03. The maximum atomic E-state index is 12.8. The lowest BCUT2D eigenvalue weighted by atomic mass is 10.1. The van der Waals surface area contributed by atoms with Crippen LogP contribution in [0.25, 0.3) is 0 Å². The summed E-state index contributed by atoms with van der Waals surface area (Å²) in [5.41, 5.74) is 3.15. The van der Waals surface area contributed by atoms with Crippen LogP contribution < -0.4 is 10.6 Å². The van der Waals surface area contributed by atoms with Gasteiger partial charge in [0, 0.05) is 10.2 Å². The molecular formula is C24H23BrN2O2S. The quantitative estimate of drug-likeness (QED) is 0.425. The van der Waals surface area contributed by atoms with Crippen LogP contribution in [0, 0.1) is 0 Å². The summed E-state index contributed by atoms with van der Waals surface area (Å²) in [4.78, 5) is 25.2. The first-order valence-electron chi connectivity index (χ1n) is 9.60. The zero-order valence-corrected chi connectivity index (χ0v) is 19.0. The molecular weight excluding hydrogens is 460 g/mol. The average Bonchev–Trinajstić information content (AvgIpc) is 2.76. The fraction of sp³-hybridized carbons (Fsp3) is 0.167. The lowest BCUT2D eigenvalue weighted by Gasteiger charge is -2.16. The van der Waals surface area contributed by atoms with Crippen LogP contribution in [0.1, 0.15) is 34.5 Å². The molecule has 0 aromatic heterocycles. The Morgan fingerprint density at radius 3 is 2.33 bits per heavy atom. The third-order valence-corrected chi connectivity index (χ3v) is 6.04. The minimum atomic E-state index is -0.218. The molecule has 0 aliphatic heterocycles. The van der Waals surface area contributed by atoms with Crippen molar-refractivity contribution < 1.29 is 9.59 Å². The maximum absolute atomic E-state index is 12.8. The van der Waals surface area contributed by atoms with E-state index in [1.807, 2.05) is 67.6 Å². The first-order valence-corrected chi connectivity index (χ1v) is 11.5. The Bertz CT molecular complexity index is 994. The van der Waals surface area contributed by atoms with Crippen molar-refractivity contribution in [1.82, 2.24) is 5.32 Å². The van der Waals surface area contributed by atoms with Crippen LogP contribution in [0.5, 0.6) is 0 Å². The van der Waals surface area contributed by atoms with Gasteiger partial charge in [0.05, 0.1) is 23.0 Å². The third-order valence-electron chi connectivity index (χ3n) is 4.51. The van der Waals surface area contributed by atoms with E-state index in [1.54, 1.807) is 18.2 Å². The van der Waals surface area contributed by atoms with Crippen LogP contribution in [-0.2, 0) is 10.5 Å². The molecule has 30 heavy (non-hydrogen) atoms. The van der Waals surface area contributed by atoms with Gasteiger partial charge in [-0.3, -0.25) is 9.59 Å². The van der Waals surface area contributed by atoms with Gasteiger partial charge in [-0.1, -0.05) is 70.5 Å². The SMILES string of the molecule is C[C@@H](NC(=O)c1ccccc1NC(=O)CSCc1ccc(Br)cc1)c1ccccc1. The number of para-hydroxylation sites is 1. The second kappa shape index (κ2) is 11.0. The Hall–Kier alpha value is -2.57. The van der Waals surface area contributed by atoms with Crippen LogP contribution in [0.3, 0.4) is 0 Å². The Kier molecular flexibility index (Phi) is 8.11. The third kappa shape index (κ3) is 6.47. The molecule has 0 spiro atoms. The maximum Gasteiger partial charge on any atom is 0.253 e. The molecule has 0 aliphatic carbocycles. The molecule has 1 atom stereocenters. The number of halogens is 1. The highest BCUT2D eigenvalue weighted by Crippen LogP contribution is 2.20. The van der Waals surface area contributed by atoms with E-state index >= 15 is 0 Å². The molecule has 0 aliphatic rings. The molecule has 6 heteroatoms. The van der Waals surface area contributed by atoms with Crippen molar-refractivity contribution in [1.29, 1.82) is 0 Å². The Balaban J connectivity index is 1.56. The number of hydrogen-bond acceptors (Lipinski definition) is 3. The smallest absolute Gasteiger partial charge is 0.253 e. The van der Waals surface area contributed by atoms with Gasteiger partial charge in [-0.2, -0.15) is 0 Å². The van der Waals surface area contributed by atoms with Crippen molar-refractivity contribution in [2.75, 3.05) is 11.1 Å². The molecule has 3 rings (SSSR count). The second-order valence-electron chi connectivity index (χ2n) is 6.82. The van der Waals surface area contributed by atoms with Crippen molar-refractivity contribution >= 4 is 45.2 Å². The fourth-order valence-corrected chi connectivity index (χ4v) is 3.97. The highest BCUT2D eigenvalue weighted by molar-refractivity contribution is 9.10. The van der Waals surface area contributed by atoms with Crippen LogP contribution >= 0.6 is 27.7 Å². The molecule has 3 aromatic carbocycles. The summed E-state index contributed by atoms with van der Waals surface area (Å²) in [5, 5.41) is 5.87. The summed E-state index contributed by atoms with van der Waals surface area (Å²) in [7, 11) is 0. The number of anilines is 1. The van der Waals surface area contributed by atoms with Gasteiger partial charge >= 0.3 is 0 Å². The van der Waals surface area contributed by atoms with E-state index in [2.05, 4.69) is 26.6 Å². The molecule has 3 aromatic rings. The van der Waals surface area contributed by atoms with Crippen LogP contribution in [0.4, 0.5) is 5.69 Å². The molecule has 0 bridgehead atoms. The highest BCUT2D eigenvalue weighted by atomic mass is 79.9. The number of amides is 2. The normalized spacial score (nSPS) is 11.5. The van der Waals surface area contributed by atoms with Crippen molar-refractivity contribution in [3.63, 3.8) is 0 Å². The highest BCUT2D eigenvalue weighted by Gasteiger charge is 2.16. The first-order chi connectivity index (χ1) is 14.5. The minimum absolute atomic E-state index is 0.131. The predicted molar refractivity (Wildman–Crippen MR) is 128 cm³/mol. The van der Waals surface area contributed by atoms with E-state index in [1.165, 1.54) is 11.8 Å². The molecule has 0 radical (unpaired) electrons. The van der Waals surface area contributed by atoms with Crippen molar-refractivity contribution in [3.8, 4) is 0 Å². The van der Waals surface area contributed by atoms with Gasteiger partial charge in [0.15, 0.2) is 0 Å². The van der Waals surface area contributed by atoms with E-state index < -0.39 is 0 Å². The molecule has 0 saturated carbocycles. The van der Waals surface area contributed by atoms with Gasteiger partial charge in [0.2, 0.25) is 5.91 Å². The van der Waals surface area contributed by atoms with E-state index in [9.17, 15) is 9.59 Å². The molecule has 4 nitrogen and oxygen atoms in total. The molecule has 154 valence electrons. The number of carbonyl (C=O) groups is 2. The monoisotopic (exact) mass is 482 g/mol. The number of hydrogen-bond donors (Lipinski definition) is 2. The van der Waals surface area contributed by atoms with Crippen molar-refractivity contribution in [2.24, 2.45) is 0 Å². The Morgan fingerprint density at radius 1 is 0.933 bits per heavy atom. The minimum Gasteiger partial charge on any atom is -0.345 e. The van der Waals surface area contributed by atoms with Crippen LogP contribution in [0.15, 0.2) is 83.3 Å². The van der Waals surface area contributed by atoms with E-state index in [-0.39, 0.29) is 17.9 Å². The van der Waals surface area contributed by atoms with Crippen molar-refractivity contribution in [2.45, 2.75) is 18.7 Å². The molecule has 0 saturated heterocycles. The number of nitrogens with one attached hydrogen (secondary N) is 2. The predicted octanol–water partition coefficient (Wildman–Crippen LogP) is 5.81. The van der Waals surface area contributed by atoms with Gasteiger partial charge in [-0.25, -0.2) is 0 Å². The van der Waals surface area contributed by atoms with Gasteiger partial charge < -0.3 is 10.6 Å². The summed E-state index contributed by atoms with van der Waals surface area (Å²) >= 11 is 4.95. The molecule has 2 N–H and O–H groups in total. The largest absolute Gasteiger partial charge is 0.345 e. The summed E-state index contributed by atoms with van der Waals surface area (Å²) in [6, 6.07) is 24.7. The van der Waals surface area contributed by atoms with Crippen LogP contribution in [0.2, 0.25) is 0 Å². The number of thioether (sulfide) groups is 1. The van der Waals surface area contributed by atoms with Gasteiger partial charge in [-0.15, -0.1) is 11.8 Å². The first kappa shape index (κ1) is 22.1. The van der Waals surface area contributed by atoms with E-state index in [0.717, 1.165) is 21.4 Å². The van der Waals surface area contributed by atoms with E-state index in [0.29, 0.717) is 17.0 Å². The van der Waals surface area contributed by atoms with Crippen molar-refractivity contribution in [3.05, 3.63) is 100 Å². The van der Waals surface area contributed by atoms with Crippen LogP contribution in [-0.4, -0.2) is 17.6 Å².